The van der Waals surface area contributed by atoms with Gasteiger partial charge in [0.15, 0.2) is 0 Å². The van der Waals surface area contributed by atoms with E-state index < -0.39 is 0 Å². The Kier molecular flexibility index (Phi) is 3.30. The average Bonchev–Trinajstić information content (AvgIpc) is 2.34. The molecule has 0 aliphatic carbocycles. The van der Waals surface area contributed by atoms with E-state index in [2.05, 4.69) is 11.9 Å². The fourth-order valence-corrected chi connectivity index (χ4v) is 1.89. The molecule has 16 heavy (non-hydrogen) atoms. The summed E-state index contributed by atoms with van der Waals surface area (Å²) in [7, 11) is 0. The van der Waals surface area contributed by atoms with Crippen LogP contribution in [0.25, 0.3) is 0 Å². The Morgan fingerprint density at radius 1 is 1.12 bits per heavy atom. The lowest BCUT2D eigenvalue weighted by Gasteiger charge is -2.14. The summed E-state index contributed by atoms with van der Waals surface area (Å²) < 4.78 is 12.8. The number of pyridine rings is 1. The molecule has 0 fully saturated rings. The largest absolute Gasteiger partial charge is 0.261 e. The molecule has 1 aromatic carbocycles. The zero-order valence-corrected chi connectivity index (χ0v) is 9.23. The maximum absolute atomic E-state index is 12.8. The van der Waals surface area contributed by atoms with Crippen LogP contribution in [0, 0.1) is 5.82 Å². The summed E-state index contributed by atoms with van der Waals surface area (Å²) in [6.45, 7) is 2.11. The van der Waals surface area contributed by atoms with E-state index >= 15 is 0 Å². The van der Waals surface area contributed by atoms with Gasteiger partial charge in [-0.3, -0.25) is 4.98 Å². The van der Waals surface area contributed by atoms with Crippen LogP contribution in [0.15, 0.2) is 48.7 Å². The maximum atomic E-state index is 12.8. The smallest absolute Gasteiger partial charge is 0.123 e. The summed E-state index contributed by atoms with van der Waals surface area (Å²) in [6, 6.07) is 12.6. The molecule has 1 aromatic heterocycles. The first-order chi connectivity index (χ1) is 7.81. The van der Waals surface area contributed by atoms with Crippen molar-refractivity contribution in [2.24, 2.45) is 0 Å². The lowest BCUT2D eigenvalue weighted by molar-refractivity contribution is 0.625. The SMILES string of the molecule is CCC(c1ccc(F)cc1)c1ccccn1. The summed E-state index contributed by atoms with van der Waals surface area (Å²) >= 11 is 0. The van der Waals surface area contributed by atoms with E-state index in [4.69, 9.17) is 0 Å². The highest BCUT2D eigenvalue weighted by atomic mass is 19.1. The molecule has 0 bridgehead atoms. The summed E-state index contributed by atoms with van der Waals surface area (Å²) in [5, 5.41) is 0. The Hall–Kier alpha value is -1.70. The minimum Gasteiger partial charge on any atom is -0.261 e. The molecule has 0 N–H and O–H groups in total. The fourth-order valence-electron chi connectivity index (χ4n) is 1.89. The summed E-state index contributed by atoms with van der Waals surface area (Å²) in [5.41, 5.74) is 2.15. The van der Waals surface area contributed by atoms with Crippen molar-refractivity contribution < 1.29 is 4.39 Å². The Labute approximate surface area is 95.0 Å². The molecule has 1 nitrogen and oxygen atoms in total. The van der Waals surface area contributed by atoms with Crippen LogP contribution >= 0.6 is 0 Å². The molecule has 1 unspecified atom stereocenters. The highest BCUT2D eigenvalue weighted by molar-refractivity contribution is 5.28. The molecule has 0 aliphatic heterocycles. The topological polar surface area (TPSA) is 12.9 Å². The third-order valence-electron chi connectivity index (χ3n) is 2.73. The zero-order valence-electron chi connectivity index (χ0n) is 9.23. The zero-order chi connectivity index (χ0) is 11.4. The molecule has 2 heteroatoms. The lowest BCUT2D eigenvalue weighted by atomic mass is 9.93. The van der Waals surface area contributed by atoms with Gasteiger partial charge in [-0.05, 0) is 36.2 Å². The second-order valence-electron chi connectivity index (χ2n) is 3.77. The van der Waals surface area contributed by atoms with Gasteiger partial charge in [-0.15, -0.1) is 0 Å². The predicted molar refractivity (Wildman–Crippen MR) is 62.8 cm³/mol. The average molecular weight is 215 g/mol. The molecule has 0 amide bonds. The maximum Gasteiger partial charge on any atom is 0.123 e. The standard InChI is InChI=1S/C14H14FN/c1-2-13(14-5-3-4-10-16-14)11-6-8-12(15)9-7-11/h3-10,13H,2H2,1H3. The van der Waals surface area contributed by atoms with Crippen molar-refractivity contribution in [3.05, 3.63) is 65.7 Å². The summed E-state index contributed by atoms with van der Waals surface area (Å²) in [5.74, 6) is 0.0569. The van der Waals surface area contributed by atoms with E-state index in [0.29, 0.717) is 0 Å². The quantitative estimate of drug-likeness (QED) is 0.759. The van der Waals surface area contributed by atoms with Gasteiger partial charge in [0, 0.05) is 17.8 Å². The van der Waals surface area contributed by atoms with Crippen LogP contribution in [0.4, 0.5) is 4.39 Å². The number of hydrogen-bond acceptors (Lipinski definition) is 1. The van der Waals surface area contributed by atoms with Gasteiger partial charge in [0.1, 0.15) is 5.82 Å². The Morgan fingerprint density at radius 3 is 2.44 bits per heavy atom. The molecule has 2 rings (SSSR count). The molecule has 0 aliphatic rings. The van der Waals surface area contributed by atoms with Gasteiger partial charge in [-0.2, -0.15) is 0 Å². The predicted octanol–water partition coefficient (Wildman–Crippen LogP) is 3.76. The molecular weight excluding hydrogens is 201 g/mol. The highest BCUT2D eigenvalue weighted by Crippen LogP contribution is 2.25. The summed E-state index contributed by atoms with van der Waals surface area (Å²) in [4.78, 5) is 4.35. The number of rotatable bonds is 3. The van der Waals surface area contributed by atoms with Crippen LogP contribution in [0.1, 0.15) is 30.5 Å². The third-order valence-corrected chi connectivity index (χ3v) is 2.73. The van der Waals surface area contributed by atoms with Crippen LogP contribution in [0.2, 0.25) is 0 Å². The van der Waals surface area contributed by atoms with Gasteiger partial charge in [-0.25, -0.2) is 4.39 Å². The minimum atomic E-state index is -0.195. The number of hydrogen-bond donors (Lipinski definition) is 0. The van der Waals surface area contributed by atoms with Crippen molar-refractivity contribution in [1.29, 1.82) is 0 Å². The number of aromatic nitrogens is 1. The van der Waals surface area contributed by atoms with Gasteiger partial charge < -0.3 is 0 Å². The van der Waals surface area contributed by atoms with Gasteiger partial charge in [0.25, 0.3) is 0 Å². The van der Waals surface area contributed by atoms with Crippen molar-refractivity contribution in [3.8, 4) is 0 Å². The van der Waals surface area contributed by atoms with Gasteiger partial charge in [0.2, 0.25) is 0 Å². The van der Waals surface area contributed by atoms with E-state index in [1.54, 1.807) is 6.20 Å². The first-order valence-corrected chi connectivity index (χ1v) is 5.47. The molecular formula is C14H14FN. The van der Waals surface area contributed by atoms with Crippen LogP contribution in [-0.4, -0.2) is 4.98 Å². The van der Waals surface area contributed by atoms with E-state index in [1.165, 1.54) is 12.1 Å². The summed E-state index contributed by atoms with van der Waals surface area (Å²) in [6.07, 6.45) is 2.75. The second kappa shape index (κ2) is 4.88. The molecule has 1 atom stereocenters. The lowest BCUT2D eigenvalue weighted by Crippen LogP contribution is -2.01. The van der Waals surface area contributed by atoms with Gasteiger partial charge >= 0.3 is 0 Å². The van der Waals surface area contributed by atoms with Crippen LogP contribution in [0.3, 0.4) is 0 Å². The van der Waals surface area contributed by atoms with Crippen molar-refractivity contribution in [2.45, 2.75) is 19.3 Å². The van der Waals surface area contributed by atoms with E-state index in [9.17, 15) is 4.39 Å². The van der Waals surface area contributed by atoms with Crippen molar-refractivity contribution in [1.82, 2.24) is 4.98 Å². The van der Waals surface area contributed by atoms with Crippen LogP contribution in [-0.2, 0) is 0 Å². The Balaban J connectivity index is 2.33. The first-order valence-electron chi connectivity index (χ1n) is 5.47. The molecule has 2 aromatic rings. The number of halogens is 1. The van der Waals surface area contributed by atoms with Crippen LogP contribution in [0.5, 0.6) is 0 Å². The normalized spacial score (nSPS) is 12.4. The molecule has 82 valence electrons. The van der Waals surface area contributed by atoms with Gasteiger partial charge in [-0.1, -0.05) is 25.1 Å². The first kappa shape index (κ1) is 10.8. The van der Waals surface area contributed by atoms with Crippen molar-refractivity contribution in [2.75, 3.05) is 0 Å². The minimum absolute atomic E-state index is 0.195. The molecule has 0 spiro atoms. The monoisotopic (exact) mass is 215 g/mol. The number of benzene rings is 1. The molecule has 0 saturated heterocycles. The Bertz CT molecular complexity index is 436. The van der Waals surface area contributed by atoms with Crippen molar-refractivity contribution >= 4 is 0 Å². The molecule has 0 saturated carbocycles. The van der Waals surface area contributed by atoms with E-state index in [0.717, 1.165) is 17.7 Å². The fraction of sp³-hybridized carbons (Fsp3) is 0.214. The van der Waals surface area contributed by atoms with Crippen LogP contribution < -0.4 is 0 Å². The van der Waals surface area contributed by atoms with Gasteiger partial charge in [0.05, 0.1) is 0 Å². The molecule has 1 heterocycles. The van der Waals surface area contributed by atoms with Crippen molar-refractivity contribution in [3.63, 3.8) is 0 Å². The third kappa shape index (κ3) is 2.27. The van der Waals surface area contributed by atoms with E-state index in [1.807, 2.05) is 30.3 Å². The number of nitrogens with zero attached hydrogens (tertiary/aromatic N) is 1. The Morgan fingerprint density at radius 2 is 1.88 bits per heavy atom. The van der Waals surface area contributed by atoms with E-state index in [-0.39, 0.29) is 11.7 Å². The highest BCUT2D eigenvalue weighted by Gasteiger charge is 2.12. The molecule has 0 radical (unpaired) electrons. The second-order valence-corrected chi connectivity index (χ2v) is 3.77.